The maximum atomic E-state index is 9.92. The molecule has 0 bridgehead atoms. The van der Waals surface area contributed by atoms with E-state index in [4.69, 9.17) is 0 Å². The Morgan fingerprint density at radius 1 is 0.708 bits per heavy atom. The first-order valence-electron chi connectivity index (χ1n) is 6.85. The van der Waals surface area contributed by atoms with Gasteiger partial charge in [-0.1, -0.05) is 35.4 Å². The third-order valence-corrected chi connectivity index (χ3v) is 2.44. The standard InChI is InChI=1S/2C8H8O3.CH3.Al/c2*1-6-2-4-7(5-3-6)11-8(9)10;;/h2*2-5H,1H3,(H,9,10);1H3;/q;;;+2/p-2. The SMILES string of the molecule is Cc1ccc(OC(=O)[O-])cc1.Cc1ccc(OC(=O)[O-])cc1.[CH3][Al+2]. The molecule has 2 aromatic carbocycles. The molecular weight excluding hydrogens is 327 g/mol. The van der Waals surface area contributed by atoms with E-state index in [1.165, 1.54) is 0 Å². The zero-order valence-electron chi connectivity index (χ0n) is 13.6. The molecule has 0 atom stereocenters. The zero-order chi connectivity index (χ0) is 18.5. The Hall–Kier alpha value is -2.49. The molecule has 0 fully saturated rings. The van der Waals surface area contributed by atoms with Gasteiger partial charge in [-0.15, -0.1) is 0 Å². The van der Waals surface area contributed by atoms with E-state index in [9.17, 15) is 19.8 Å². The number of benzene rings is 2. The molecule has 0 aliphatic carbocycles. The van der Waals surface area contributed by atoms with Crippen molar-refractivity contribution in [2.45, 2.75) is 19.6 Å². The van der Waals surface area contributed by atoms with Crippen LogP contribution in [-0.4, -0.2) is 28.6 Å². The van der Waals surface area contributed by atoms with Crippen LogP contribution in [0, 0.1) is 13.8 Å². The van der Waals surface area contributed by atoms with Crippen molar-refractivity contribution < 1.29 is 29.3 Å². The minimum absolute atomic E-state index is 0.288. The Labute approximate surface area is 149 Å². The molecule has 2 aromatic rings. The van der Waals surface area contributed by atoms with Crippen LogP contribution in [0.4, 0.5) is 9.59 Å². The predicted molar refractivity (Wildman–Crippen MR) is 86.0 cm³/mol. The van der Waals surface area contributed by atoms with E-state index in [0.29, 0.717) is 0 Å². The van der Waals surface area contributed by atoms with Crippen molar-refractivity contribution in [2.75, 3.05) is 0 Å². The summed E-state index contributed by atoms with van der Waals surface area (Å²) in [6, 6.07) is 13.3. The summed E-state index contributed by atoms with van der Waals surface area (Å²) in [5, 5.41) is 19.8. The summed E-state index contributed by atoms with van der Waals surface area (Å²) >= 11 is 2.42. The fourth-order valence-corrected chi connectivity index (χ4v) is 1.41. The Balaban J connectivity index is 0.000000400. The molecule has 0 amide bonds. The van der Waals surface area contributed by atoms with E-state index in [0.717, 1.165) is 11.1 Å². The number of hydrogen-bond donors (Lipinski definition) is 0. The topological polar surface area (TPSA) is 98.7 Å². The summed E-state index contributed by atoms with van der Waals surface area (Å²) < 4.78 is 8.55. The van der Waals surface area contributed by atoms with Crippen LogP contribution >= 0.6 is 0 Å². The van der Waals surface area contributed by atoms with Crippen LogP contribution in [0.1, 0.15) is 11.1 Å². The summed E-state index contributed by atoms with van der Waals surface area (Å²) in [5.41, 5.74) is 2.10. The van der Waals surface area contributed by atoms with Crippen molar-refractivity contribution >= 4 is 28.6 Å². The summed E-state index contributed by atoms with van der Waals surface area (Å²) in [7, 11) is 0. The van der Waals surface area contributed by atoms with E-state index in [2.05, 4.69) is 25.8 Å². The van der Waals surface area contributed by atoms with Gasteiger partial charge in [0.2, 0.25) is 0 Å². The third kappa shape index (κ3) is 10.3. The molecule has 0 aromatic heterocycles. The molecule has 6 nitrogen and oxygen atoms in total. The van der Waals surface area contributed by atoms with E-state index in [1.807, 2.05) is 19.6 Å². The van der Waals surface area contributed by atoms with Gasteiger partial charge in [-0.05, 0) is 38.1 Å². The number of carbonyl (C=O) groups is 2. The molecule has 0 heterocycles. The van der Waals surface area contributed by atoms with Crippen molar-refractivity contribution in [3.63, 3.8) is 0 Å². The summed E-state index contributed by atoms with van der Waals surface area (Å²) in [6.45, 7) is 3.81. The molecule has 0 spiro atoms. The van der Waals surface area contributed by atoms with Crippen LogP contribution in [0.3, 0.4) is 0 Å². The number of hydrogen-bond acceptors (Lipinski definition) is 6. The van der Waals surface area contributed by atoms with Crippen molar-refractivity contribution in [3.8, 4) is 11.5 Å². The number of ether oxygens (including phenoxy) is 2. The first-order valence-corrected chi connectivity index (χ1v) is 8.01. The molecule has 124 valence electrons. The van der Waals surface area contributed by atoms with Gasteiger partial charge in [-0.3, -0.25) is 0 Å². The van der Waals surface area contributed by atoms with Crippen molar-refractivity contribution in [2.24, 2.45) is 0 Å². The van der Waals surface area contributed by atoms with E-state index in [-0.39, 0.29) is 11.5 Å². The maximum absolute atomic E-state index is 9.92. The van der Waals surface area contributed by atoms with Gasteiger partial charge in [0.1, 0.15) is 0 Å². The van der Waals surface area contributed by atoms with Crippen molar-refractivity contribution in [1.29, 1.82) is 0 Å². The molecule has 24 heavy (non-hydrogen) atoms. The second kappa shape index (κ2) is 12.0. The van der Waals surface area contributed by atoms with Crippen LogP contribution in [0.5, 0.6) is 11.5 Å². The Morgan fingerprint density at radius 3 is 1.17 bits per heavy atom. The molecule has 0 aliphatic rings. The van der Waals surface area contributed by atoms with Gasteiger partial charge in [-0.25, -0.2) is 0 Å². The Kier molecular flexibility index (Phi) is 10.8. The van der Waals surface area contributed by atoms with Crippen molar-refractivity contribution in [1.82, 2.24) is 0 Å². The second-order valence-electron chi connectivity index (χ2n) is 4.33. The average Bonchev–Trinajstić information content (AvgIpc) is 2.54. The van der Waals surface area contributed by atoms with Gasteiger partial charge in [0.25, 0.3) is 12.3 Å². The first kappa shape index (κ1) is 21.5. The second-order valence-corrected chi connectivity index (χ2v) is 4.33. The quantitative estimate of drug-likeness (QED) is 0.466. The molecule has 0 unspecified atom stereocenters. The zero-order valence-corrected chi connectivity index (χ0v) is 14.8. The van der Waals surface area contributed by atoms with E-state index >= 15 is 0 Å². The van der Waals surface area contributed by atoms with Gasteiger partial charge in [0.05, 0.1) is 11.5 Å². The van der Waals surface area contributed by atoms with Gasteiger partial charge >= 0.3 is 22.1 Å². The number of carbonyl (C=O) groups excluding carboxylic acids is 2. The molecule has 0 N–H and O–H groups in total. The molecule has 7 heteroatoms. The number of carboxylic acid groups (broad SMARTS) is 2. The third-order valence-electron chi connectivity index (χ3n) is 2.44. The monoisotopic (exact) mass is 344 g/mol. The van der Waals surface area contributed by atoms with Crippen LogP contribution in [0.2, 0.25) is 5.79 Å². The van der Waals surface area contributed by atoms with E-state index in [1.54, 1.807) is 48.5 Å². The van der Waals surface area contributed by atoms with Gasteiger partial charge in [0, 0.05) is 0 Å². The van der Waals surface area contributed by atoms with Gasteiger partial charge in [-0.2, -0.15) is 0 Å². The van der Waals surface area contributed by atoms with Crippen LogP contribution in [-0.2, 0) is 0 Å². The van der Waals surface area contributed by atoms with Gasteiger partial charge in [0.15, 0.2) is 0 Å². The minimum atomic E-state index is -1.53. The summed E-state index contributed by atoms with van der Waals surface area (Å²) in [6.07, 6.45) is -3.07. The number of rotatable bonds is 2. The van der Waals surface area contributed by atoms with Crippen molar-refractivity contribution in [3.05, 3.63) is 59.7 Å². The fourth-order valence-electron chi connectivity index (χ4n) is 1.41. The fraction of sp³-hybridized carbons (Fsp3) is 0.176. The Morgan fingerprint density at radius 2 is 0.958 bits per heavy atom. The summed E-state index contributed by atoms with van der Waals surface area (Å²) in [5.74, 6) is 2.49. The van der Waals surface area contributed by atoms with Crippen LogP contribution in [0.15, 0.2) is 48.5 Å². The normalized spacial score (nSPS) is 8.71. The Bertz CT molecular complexity index is 565. The number of aryl methyl sites for hydroxylation is 2. The molecule has 0 saturated carbocycles. The first-order chi connectivity index (χ1) is 11.4. The predicted octanol–water partition coefficient (Wildman–Crippen LogP) is 1.64. The molecule has 0 aliphatic heterocycles. The van der Waals surface area contributed by atoms with Crippen LogP contribution < -0.4 is 19.7 Å². The average molecular weight is 344 g/mol. The summed E-state index contributed by atoms with van der Waals surface area (Å²) in [4.78, 5) is 19.8. The molecular formula is C17H17AlO6. The molecule has 0 saturated heterocycles. The van der Waals surface area contributed by atoms with E-state index < -0.39 is 12.3 Å². The van der Waals surface area contributed by atoms with Crippen LogP contribution in [0.25, 0.3) is 0 Å². The molecule has 2 rings (SSSR count). The van der Waals surface area contributed by atoms with Gasteiger partial charge < -0.3 is 29.3 Å². The molecule has 0 radical (unpaired) electrons.